The summed E-state index contributed by atoms with van der Waals surface area (Å²) in [4.78, 5) is 22.0. The predicted octanol–water partition coefficient (Wildman–Crippen LogP) is 2.74. The molecular weight excluding hydrogens is 325 g/mol. The number of nitrogens with zero attached hydrogens (tertiary/aromatic N) is 3. The number of aromatic nitrogens is 4. The van der Waals surface area contributed by atoms with E-state index in [1.165, 1.54) is 18.3 Å². The van der Waals surface area contributed by atoms with Crippen LogP contribution in [0.1, 0.15) is 22.5 Å². The first kappa shape index (κ1) is 15.9. The second kappa shape index (κ2) is 5.91. The molecule has 0 saturated heterocycles. The van der Waals surface area contributed by atoms with Gasteiger partial charge in [-0.1, -0.05) is 17.3 Å². The fraction of sp³-hybridized carbons (Fsp3) is 0.200. The summed E-state index contributed by atoms with van der Waals surface area (Å²) < 4.78 is 42.3. The number of rotatable bonds is 3. The largest absolute Gasteiger partial charge is 0.439 e. The second-order valence-electron chi connectivity index (χ2n) is 5.12. The van der Waals surface area contributed by atoms with Gasteiger partial charge in [0, 0.05) is 12.6 Å². The molecule has 0 aliphatic heterocycles. The zero-order valence-corrected chi connectivity index (χ0v) is 12.4. The maximum atomic E-state index is 12.6. The number of halogens is 3. The first-order chi connectivity index (χ1) is 11.3. The van der Waals surface area contributed by atoms with Crippen LogP contribution in [-0.2, 0) is 12.6 Å². The number of hydrogen-bond acceptors (Lipinski definition) is 5. The lowest BCUT2D eigenvalue weighted by molar-refractivity contribution is -0.137. The Labute approximate surface area is 133 Å². The first-order valence-corrected chi connectivity index (χ1v) is 6.88. The van der Waals surface area contributed by atoms with Crippen molar-refractivity contribution in [3.63, 3.8) is 0 Å². The van der Waals surface area contributed by atoms with E-state index in [9.17, 15) is 18.0 Å². The molecule has 0 spiro atoms. The molecule has 3 aromatic rings. The lowest BCUT2D eigenvalue weighted by Crippen LogP contribution is -2.05. The fourth-order valence-corrected chi connectivity index (χ4v) is 2.16. The lowest BCUT2D eigenvalue weighted by atomic mass is 10.1. The van der Waals surface area contributed by atoms with E-state index < -0.39 is 17.5 Å². The second-order valence-corrected chi connectivity index (χ2v) is 5.12. The Morgan fingerprint density at radius 3 is 2.50 bits per heavy atom. The van der Waals surface area contributed by atoms with Crippen molar-refractivity contribution in [1.82, 2.24) is 20.1 Å². The lowest BCUT2D eigenvalue weighted by Gasteiger charge is -2.09. The summed E-state index contributed by atoms with van der Waals surface area (Å²) in [6.45, 7) is 1.72. The van der Waals surface area contributed by atoms with Crippen molar-refractivity contribution in [2.75, 3.05) is 0 Å². The standard InChI is InChI=1S/C15H11F3N4O2/c1-8-7-19-11(12(20-8)13-21-14(23)24-22-13)6-9-2-4-10(5-3-9)15(16,17)18/h2-5,7H,6H2,1H3,(H,21,22,23). The maximum absolute atomic E-state index is 12.6. The van der Waals surface area contributed by atoms with Crippen molar-refractivity contribution in [2.45, 2.75) is 19.5 Å². The van der Waals surface area contributed by atoms with Crippen LogP contribution in [-0.4, -0.2) is 20.1 Å². The number of aryl methyl sites for hydroxylation is 1. The SMILES string of the molecule is Cc1cnc(Cc2ccc(C(F)(F)F)cc2)c(-c2noc(=O)[nH]2)n1. The quantitative estimate of drug-likeness (QED) is 0.795. The summed E-state index contributed by atoms with van der Waals surface area (Å²) in [6.07, 6.45) is -2.62. The van der Waals surface area contributed by atoms with Crippen LogP contribution in [0, 0.1) is 6.92 Å². The Hall–Kier alpha value is -2.97. The number of alkyl halides is 3. The minimum atomic E-state index is -4.38. The molecule has 24 heavy (non-hydrogen) atoms. The zero-order valence-electron chi connectivity index (χ0n) is 12.4. The molecule has 0 bridgehead atoms. The van der Waals surface area contributed by atoms with Crippen LogP contribution in [0.25, 0.3) is 11.5 Å². The molecule has 124 valence electrons. The molecule has 0 saturated carbocycles. The molecular formula is C15H11F3N4O2. The molecule has 0 atom stereocenters. The van der Waals surface area contributed by atoms with Crippen LogP contribution < -0.4 is 5.76 Å². The van der Waals surface area contributed by atoms with Crippen LogP contribution in [0.15, 0.2) is 39.8 Å². The van der Waals surface area contributed by atoms with Gasteiger partial charge in [0.05, 0.1) is 17.0 Å². The minimum Gasteiger partial charge on any atom is -0.296 e. The molecule has 0 amide bonds. The van der Waals surface area contributed by atoms with E-state index >= 15 is 0 Å². The van der Waals surface area contributed by atoms with Crippen molar-refractivity contribution in [1.29, 1.82) is 0 Å². The molecule has 9 heteroatoms. The van der Waals surface area contributed by atoms with Crippen molar-refractivity contribution < 1.29 is 17.7 Å². The van der Waals surface area contributed by atoms with E-state index in [1.807, 2.05) is 0 Å². The van der Waals surface area contributed by atoms with Gasteiger partial charge in [-0.2, -0.15) is 13.2 Å². The Morgan fingerprint density at radius 1 is 1.21 bits per heavy atom. The third-order valence-corrected chi connectivity index (χ3v) is 3.29. The van der Waals surface area contributed by atoms with Crippen LogP contribution in [0.5, 0.6) is 0 Å². The fourth-order valence-electron chi connectivity index (χ4n) is 2.16. The number of aromatic amines is 1. The average molecular weight is 336 g/mol. The molecule has 6 nitrogen and oxygen atoms in total. The Kier molecular flexibility index (Phi) is 3.92. The predicted molar refractivity (Wildman–Crippen MR) is 77.1 cm³/mol. The summed E-state index contributed by atoms with van der Waals surface area (Å²) in [5.41, 5.74) is 1.28. The first-order valence-electron chi connectivity index (χ1n) is 6.88. The summed E-state index contributed by atoms with van der Waals surface area (Å²) in [5, 5.41) is 3.58. The summed E-state index contributed by atoms with van der Waals surface area (Å²) >= 11 is 0. The van der Waals surface area contributed by atoms with Crippen LogP contribution in [0.4, 0.5) is 13.2 Å². The van der Waals surface area contributed by atoms with Gasteiger partial charge in [-0.15, -0.1) is 0 Å². The highest BCUT2D eigenvalue weighted by molar-refractivity contribution is 5.52. The third kappa shape index (κ3) is 3.34. The molecule has 2 aromatic heterocycles. The summed E-state index contributed by atoms with van der Waals surface area (Å²) in [6, 6.07) is 4.77. The molecule has 0 unspecified atom stereocenters. The van der Waals surface area contributed by atoms with Crippen LogP contribution in [0.2, 0.25) is 0 Å². The van der Waals surface area contributed by atoms with Gasteiger partial charge >= 0.3 is 11.9 Å². The molecule has 1 aromatic carbocycles. The van der Waals surface area contributed by atoms with Gasteiger partial charge in [-0.3, -0.25) is 14.5 Å². The number of benzene rings is 1. The highest BCUT2D eigenvalue weighted by atomic mass is 19.4. The van der Waals surface area contributed by atoms with E-state index in [2.05, 4.69) is 24.6 Å². The maximum Gasteiger partial charge on any atom is 0.439 e. The van der Waals surface area contributed by atoms with Crippen LogP contribution >= 0.6 is 0 Å². The van der Waals surface area contributed by atoms with Crippen molar-refractivity contribution in [3.8, 4) is 11.5 Å². The van der Waals surface area contributed by atoms with Gasteiger partial charge in [0.1, 0.15) is 5.69 Å². The number of hydrogen-bond donors (Lipinski definition) is 1. The molecule has 3 rings (SSSR count). The molecule has 2 heterocycles. The van der Waals surface area contributed by atoms with Gasteiger partial charge in [0.25, 0.3) is 0 Å². The zero-order chi connectivity index (χ0) is 17.3. The van der Waals surface area contributed by atoms with E-state index in [0.717, 1.165) is 12.1 Å². The molecule has 0 radical (unpaired) electrons. The molecule has 0 aliphatic carbocycles. The van der Waals surface area contributed by atoms with Crippen LogP contribution in [0.3, 0.4) is 0 Å². The normalized spacial score (nSPS) is 11.7. The van der Waals surface area contributed by atoms with Crippen molar-refractivity contribution in [3.05, 3.63) is 63.5 Å². The van der Waals surface area contributed by atoms with E-state index in [1.54, 1.807) is 6.92 Å². The highest BCUT2D eigenvalue weighted by Gasteiger charge is 2.30. The third-order valence-electron chi connectivity index (χ3n) is 3.29. The Bertz CT molecular complexity index is 913. The number of nitrogens with one attached hydrogen (secondary N) is 1. The van der Waals surface area contributed by atoms with Gasteiger partial charge in [-0.25, -0.2) is 9.78 Å². The summed E-state index contributed by atoms with van der Waals surface area (Å²) in [7, 11) is 0. The van der Waals surface area contributed by atoms with E-state index in [4.69, 9.17) is 0 Å². The highest BCUT2D eigenvalue weighted by Crippen LogP contribution is 2.29. The van der Waals surface area contributed by atoms with Gasteiger partial charge in [0.2, 0.25) is 5.82 Å². The van der Waals surface area contributed by atoms with E-state index in [0.29, 0.717) is 22.6 Å². The monoisotopic (exact) mass is 336 g/mol. The van der Waals surface area contributed by atoms with Gasteiger partial charge in [-0.05, 0) is 24.6 Å². The Balaban J connectivity index is 1.94. The molecule has 1 N–H and O–H groups in total. The Morgan fingerprint density at radius 2 is 1.92 bits per heavy atom. The number of H-pyrrole nitrogens is 1. The molecule has 0 fully saturated rings. The average Bonchev–Trinajstić information content (AvgIpc) is 2.95. The van der Waals surface area contributed by atoms with Crippen molar-refractivity contribution in [2.24, 2.45) is 0 Å². The summed E-state index contributed by atoms with van der Waals surface area (Å²) in [5.74, 6) is -0.605. The van der Waals surface area contributed by atoms with Gasteiger partial charge in [0.15, 0.2) is 0 Å². The topological polar surface area (TPSA) is 84.7 Å². The van der Waals surface area contributed by atoms with E-state index in [-0.39, 0.29) is 12.2 Å². The molecule has 0 aliphatic rings. The minimum absolute atomic E-state index is 0.123. The smallest absolute Gasteiger partial charge is 0.296 e. The van der Waals surface area contributed by atoms with Crippen molar-refractivity contribution >= 4 is 0 Å². The van der Waals surface area contributed by atoms with Gasteiger partial charge < -0.3 is 0 Å².